The molecule has 1 aromatic rings. The Balaban J connectivity index is 2.26. The summed E-state index contributed by atoms with van der Waals surface area (Å²) < 4.78 is 26.4. The van der Waals surface area contributed by atoms with E-state index in [0.717, 1.165) is 18.5 Å². The second kappa shape index (κ2) is 4.78. The summed E-state index contributed by atoms with van der Waals surface area (Å²) in [6.45, 7) is 4.30. The van der Waals surface area contributed by atoms with Gasteiger partial charge in [-0.15, -0.1) is 0 Å². The number of nitrogens with one attached hydrogen (secondary N) is 1. The van der Waals surface area contributed by atoms with Gasteiger partial charge in [0.25, 0.3) is 0 Å². The molecule has 0 bridgehead atoms. The zero-order valence-electron chi connectivity index (χ0n) is 10.3. The van der Waals surface area contributed by atoms with Crippen LogP contribution >= 0.6 is 0 Å². The fourth-order valence-electron chi connectivity index (χ4n) is 2.25. The van der Waals surface area contributed by atoms with E-state index in [1.807, 2.05) is 13.0 Å². The molecule has 1 aliphatic rings. The van der Waals surface area contributed by atoms with E-state index in [9.17, 15) is 8.42 Å². The van der Waals surface area contributed by atoms with Crippen molar-refractivity contribution in [2.75, 3.05) is 6.54 Å². The zero-order valence-corrected chi connectivity index (χ0v) is 11.1. The first-order valence-electron chi connectivity index (χ1n) is 6.07. The Bertz CT molecular complexity index is 455. The lowest BCUT2D eigenvalue weighted by atomic mass is 10.2. The average Bonchev–Trinajstić information content (AvgIpc) is 2.96. The minimum atomic E-state index is -3.18. The summed E-state index contributed by atoms with van der Waals surface area (Å²) in [7, 11) is -3.18. The van der Waals surface area contributed by atoms with Crippen LogP contribution in [0.1, 0.15) is 44.8 Å². The quantitative estimate of drug-likeness (QED) is 0.892. The molecule has 96 valence electrons. The summed E-state index contributed by atoms with van der Waals surface area (Å²) in [5.74, 6) is 0. The van der Waals surface area contributed by atoms with Crippen LogP contribution in [0.15, 0.2) is 12.3 Å². The maximum Gasteiger partial charge on any atom is 0.217 e. The Morgan fingerprint density at radius 3 is 3.00 bits per heavy atom. The average molecular weight is 257 g/mol. The summed E-state index contributed by atoms with van der Waals surface area (Å²) in [5, 5.41) is 6.47. The highest BCUT2D eigenvalue weighted by Gasteiger charge is 2.38. The molecule has 1 aromatic heterocycles. The number of rotatable bonds is 4. The summed E-state index contributed by atoms with van der Waals surface area (Å²) in [5.41, 5.74) is 0.898. The highest BCUT2D eigenvalue weighted by molar-refractivity contribution is 7.89. The van der Waals surface area contributed by atoms with Crippen LogP contribution in [0.25, 0.3) is 0 Å². The molecule has 0 spiro atoms. The SMILES string of the molecule is CC[C@H](C)S(=O)(=O)N1CCC[C@H]1c1ccn[nH]1. The summed E-state index contributed by atoms with van der Waals surface area (Å²) >= 11 is 0. The molecule has 2 rings (SSSR count). The number of sulfonamides is 1. The first kappa shape index (κ1) is 12.6. The van der Waals surface area contributed by atoms with Gasteiger partial charge in [0.05, 0.1) is 17.0 Å². The lowest BCUT2D eigenvalue weighted by molar-refractivity contribution is 0.384. The third-order valence-electron chi connectivity index (χ3n) is 3.50. The number of aromatic nitrogens is 2. The largest absolute Gasteiger partial charge is 0.281 e. The predicted octanol–water partition coefficient (Wildman–Crippen LogP) is 1.67. The molecule has 0 unspecified atom stereocenters. The van der Waals surface area contributed by atoms with E-state index in [1.54, 1.807) is 17.4 Å². The highest BCUT2D eigenvalue weighted by Crippen LogP contribution is 2.34. The second-order valence-corrected chi connectivity index (χ2v) is 6.85. The van der Waals surface area contributed by atoms with E-state index < -0.39 is 10.0 Å². The fraction of sp³-hybridized carbons (Fsp3) is 0.727. The minimum absolute atomic E-state index is 0.0588. The number of hydrogen-bond donors (Lipinski definition) is 1. The van der Waals surface area contributed by atoms with E-state index in [-0.39, 0.29) is 11.3 Å². The maximum absolute atomic E-state index is 12.4. The van der Waals surface area contributed by atoms with Crippen molar-refractivity contribution in [1.82, 2.24) is 14.5 Å². The number of hydrogen-bond acceptors (Lipinski definition) is 3. The van der Waals surface area contributed by atoms with Gasteiger partial charge in [-0.25, -0.2) is 8.42 Å². The predicted molar refractivity (Wildman–Crippen MR) is 65.9 cm³/mol. The minimum Gasteiger partial charge on any atom is -0.281 e. The third kappa shape index (κ3) is 2.24. The lowest BCUT2D eigenvalue weighted by Gasteiger charge is -2.26. The van der Waals surface area contributed by atoms with Gasteiger partial charge in [0.1, 0.15) is 0 Å². The molecule has 1 saturated heterocycles. The van der Waals surface area contributed by atoms with Gasteiger partial charge < -0.3 is 0 Å². The van der Waals surface area contributed by atoms with Crippen LogP contribution in [0.4, 0.5) is 0 Å². The molecule has 1 fully saturated rings. The smallest absolute Gasteiger partial charge is 0.217 e. The topological polar surface area (TPSA) is 66.1 Å². The van der Waals surface area contributed by atoms with Gasteiger partial charge in [-0.1, -0.05) is 6.92 Å². The first-order chi connectivity index (χ1) is 8.07. The molecular formula is C11H19N3O2S. The Morgan fingerprint density at radius 1 is 1.65 bits per heavy atom. The van der Waals surface area contributed by atoms with Gasteiger partial charge in [0.2, 0.25) is 10.0 Å². The number of aromatic amines is 1. The molecule has 2 heterocycles. The molecule has 1 N–H and O–H groups in total. The van der Waals surface area contributed by atoms with Crippen molar-refractivity contribution in [3.05, 3.63) is 18.0 Å². The fourth-order valence-corrected chi connectivity index (χ4v) is 4.09. The molecule has 1 aliphatic heterocycles. The van der Waals surface area contributed by atoms with Gasteiger partial charge in [0, 0.05) is 12.7 Å². The maximum atomic E-state index is 12.4. The molecule has 0 amide bonds. The molecule has 2 atom stereocenters. The Labute approximate surface area is 102 Å². The molecular weight excluding hydrogens is 238 g/mol. The summed E-state index contributed by atoms with van der Waals surface area (Å²) in [6, 6.07) is 1.80. The van der Waals surface area contributed by atoms with Crippen LogP contribution in [-0.2, 0) is 10.0 Å². The molecule has 0 aliphatic carbocycles. The first-order valence-corrected chi connectivity index (χ1v) is 7.57. The van der Waals surface area contributed by atoms with Crippen molar-refractivity contribution >= 4 is 10.0 Å². The van der Waals surface area contributed by atoms with Crippen LogP contribution < -0.4 is 0 Å². The van der Waals surface area contributed by atoms with Crippen LogP contribution in [0, 0.1) is 0 Å². The Morgan fingerprint density at radius 2 is 2.41 bits per heavy atom. The molecule has 6 heteroatoms. The van der Waals surface area contributed by atoms with Crippen LogP contribution in [0.2, 0.25) is 0 Å². The van der Waals surface area contributed by atoms with Crippen molar-refractivity contribution in [2.45, 2.75) is 44.4 Å². The number of nitrogens with zero attached hydrogens (tertiary/aromatic N) is 2. The van der Waals surface area contributed by atoms with E-state index in [4.69, 9.17) is 0 Å². The van der Waals surface area contributed by atoms with Gasteiger partial charge in [0.15, 0.2) is 0 Å². The van der Waals surface area contributed by atoms with E-state index in [1.165, 1.54) is 0 Å². The second-order valence-electron chi connectivity index (χ2n) is 4.54. The van der Waals surface area contributed by atoms with Crippen molar-refractivity contribution in [2.24, 2.45) is 0 Å². The Kier molecular flexibility index (Phi) is 3.53. The van der Waals surface area contributed by atoms with Crippen LogP contribution in [0.5, 0.6) is 0 Å². The van der Waals surface area contributed by atoms with Gasteiger partial charge in [-0.3, -0.25) is 5.10 Å². The van der Waals surface area contributed by atoms with Crippen molar-refractivity contribution in [3.8, 4) is 0 Å². The molecule has 0 aromatic carbocycles. The monoisotopic (exact) mass is 257 g/mol. The lowest BCUT2D eigenvalue weighted by Crippen LogP contribution is -2.37. The van der Waals surface area contributed by atoms with Crippen molar-refractivity contribution < 1.29 is 8.42 Å². The van der Waals surface area contributed by atoms with Gasteiger partial charge in [-0.2, -0.15) is 9.40 Å². The van der Waals surface area contributed by atoms with Crippen LogP contribution in [0.3, 0.4) is 0 Å². The van der Waals surface area contributed by atoms with E-state index in [2.05, 4.69) is 10.2 Å². The normalized spacial score (nSPS) is 24.0. The van der Waals surface area contributed by atoms with Crippen molar-refractivity contribution in [1.29, 1.82) is 0 Å². The van der Waals surface area contributed by atoms with Crippen molar-refractivity contribution in [3.63, 3.8) is 0 Å². The summed E-state index contributed by atoms with van der Waals surface area (Å²) in [6.07, 6.45) is 4.10. The highest BCUT2D eigenvalue weighted by atomic mass is 32.2. The number of H-pyrrole nitrogens is 1. The Hall–Kier alpha value is -0.880. The molecule has 5 nitrogen and oxygen atoms in total. The zero-order chi connectivity index (χ0) is 12.5. The molecule has 0 saturated carbocycles. The standard InChI is InChI=1S/C11H19N3O2S/c1-3-9(2)17(15,16)14-8-4-5-11(14)10-6-7-12-13-10/h6-7,9,11H,3-5,8H2,1-2H3,(H,12,13)/t9-,11-/m0/s1. The molecule has 17 heavy (non-hydrogen) atoms. The van der Waals surface area contributed by atoms with Gasteiger partial charge in [-0.05, 0) is 32.3 Å². The van der Waals surface area contributed by atoms with E-state index in [0.29, 0.717) is 13.0 Å². The van der Waals surface area contributed by atoms with E-state index >= 15 is 0 Å². The van der Waals surface area contributed by atoms with Crippen LogP contribution in [-0.4, -0.2) is 34.7 Å². The molecule has 0 radical (unpaired) electrons. The summed E-state index contributed by atoms with van der Waals surface area (Å²) in [4.78, 5) is 0. The third-order valence-corrected chi connectivity index (χ3v) is 5.94. The van der Waals surface area contributed by atoms with Gasteiger partial charge >= 0.3 is 0 Å².